The van der Waals surface area contributed by atoms with E-state index in [1.807, 2.05) is 0 Å². The molecule has 2 atom stereocenters. The van der Waals surface area contributed by atoms with E-state index in [1.54, 1.807) is 0 Å². The fourth-order valence-electron chi connectivity index (χ4n) is 1.09. The van der Waals surface area contributed by atoms with Crippen LogP contribution in [0.25, 0.3) is 0 Å². The van der Waals surface area contributed by atoms with Crippen molar-refractivity contribution < 1.29 is 0 Å². The molecule has 0 amide bonds. The molecule has 2 unspecified atom stereocenters. The molecule has 0 aliphatic heterocycles. The minimum atomic E-state index is 0.653. The van der Waals surface area contributed by atoms with Crippen LogP contribution in [-0.2, 0) is 0 Å². The highest BCUT2D eigenvalue weighted by molar-refractivity contribution is 9.10. The number of hydrogen-bond donors (Lipinski definition) is 0. The van der Waals surface area contributed by atoms with Crippen molar-refractivity contribution in [1.29, 1.82) is 0 Å². The van der Waals surface area contributed by atoms with Gasteiger partial charge in [0.1, 0.15) is 0 Å². The molecule has 0 aliphatic rings. The summed E-state index contributed by atoms with van der Waals surface area (Å²) in [6.07, 6.45) is 6.33. The van der Waals surface area contributed by atoms with E-state index in [0.29, 0.717) is 9.65 Å². The Hall–Kier alpha value is 1.92. The molecule has 0 aromatic carbocycles. The lowest BCUT2D eigenvalue weighted by molar-refractivity contribution is 0.640. The SMILES string of the molecule is BrCCCCC(Br)CC(Br)CCBr. The second-order valence-electron chi connectivity index (χ2n) is 3.09. The van der Waals surface area contributed by atoms with Crippen LogP contribution in [0.15, 0.2) is 0 Å². The van der Waals surface area contributed by atoms with Gasteiger partial charge < -0.3 is 0 Å². The summed E-state index contributed by atoms with van der Waals surface area (Å²) < 4.78 is 0. The van der Waals surface area contributed by atoms with Gasteiger partial charge in [0.15, 0.2) is 0 Å². The van der Waals surface area contributed by atoms with E-state index in [1.165, 1.54) is 32.1 Å². The zero-order valence-electron chi connectivity index (χ0n) is 7.62. The second-order valence-corrected chi connectivity index (χ2v) is 7.27. The summed E-state index contributed by atoms with van der Waals surface area (Å²) in [5, 5.41) is 2.22. The summed E-state index contributed by atoms with van der Waals surface area (Å²) in [7, 11) is 0. The molecule has 0 nitrogen and oxygen atoms in total. The van der Waals surface area contributed by atoms with E-state index in [4.69, 9.17) is 0 Å². The summed E-state index contributed by atoms with van der Waals surface area (Å²) in [5.41, 5.74) is 0. The van der Waals surface area contributed by atoms with Crippen molar-refractivity contribution in [2.45, 2.75) is 41.8 Å². The average Bonchev–Trinajstić information content (AvgIpc) is 2.05. The van der Waals surface area contributed by atoms with E-state index in [-0.39, 0.29) is 0 Å². The number of unbranched alkanes of at least 4 members (excludes halogenated alkanes) is 1. The fraction of sp³-hybridized carbons (Fsp3) is 1.00. The van der Waals surface area contributed by atoms with Gasteiger partial charge in [-0.3, -0.25) is 0 Å². The lowest BCUT2D eigenvalue weighted by Gasteiger charge is -2.13. The monoisotopic (exact) mass is 440 g/mol. The summed E-state index contributed by atoms with van der Waals surface area (Å²) in [6, 6.07) is 0. The molecule has 0 aliphatic carbocycles. The van der Waals surface area contributed by atoms with E-state index in [9.17, 15) is 0 Å². The highest BCUT2D eigenvalue weighted by atomic mass is 79.9. The van der Waals surface area contributed by atoms with Crippen molar-refractivity contribution in [1.82, 2.24) is 0 Å². The standard InChI is InChI=1S/C9H16Br4/c10-5-2-1-3-8(12)7-9(13)4-6-11/h8-9H,1-7H2. The first-order chi connectivity index (χ1) is 6.20. The summed E-state index contributed by atoms with van der Waals surface area (Å²) in [5.74, 6) is 0. The summed E-state index contributed by atoms with van der Waals surface area (Å²) in [4.78, 5) is 1.33. The van der Waals surface area contributed by atoms with E-state index in [2.05, 4.69) is 63.7 Å². The van der Waals surface area contributed by atoms with Crippen molar-refractivity contribution in [2.75, 3.05) is 10.7 Å². The van der Waals surface area contributed by atoms with Crippen LogP contribution in [0.5, 0.6) is 0 Å². The number of halogens is 4. The van der Waals surface area contributed by atoms with Crippen molar-refractivity contribution in [3.05, 3.63) is 0 Å². The van der Waals surface area contributed by atoms with E-state index >= 15 is 0 Å². The normalized spacial score (nSPS) is 15.7. The Kier molecular flexibility index (Phi) is 12.0. The highest BCUT2D eigenvalue weighted by Gasteiger charge is 2.10. The Morgan fingerprint density at radius 2 is 1.38 bits per heavy atom. The Morgan fingerprint density at radius 1 is 0.769 bits per heavy atom. The Balaban J connectivity index is 3.32. The van der Waals surface area contributed by atoms with Crippen molar-refractivity contribution in [2.24, 2.45) is 0 Å². The largest absolute Gasteiger partial charge is 0.0928 e. The van der Waals surface area contributed by atoms with Crippen LogP contribution in [0.3, 0.4) is 0 Å². The van der Waals surface area contributed by atoms with Gasteiger partial charge in [-0.15, -0.1) is 0 Å². The molecule has 0 heterocycles. The number of alkyl halides is 4. The van der Waals surface area contributed by atoms with Crippen LogP contribution in [0.2, 0.25) is 0 Å². The summed E-state index contributed by atoms with van der Waals surface area (Å²) >= 11 is 14.3. The molecule has 0 N–H and O–H groups in total. The van der Waals surface area contributed by atoms with Gasteiger partial charge in [-0.25, -0.2) is 0 Å². The Labute approximate surface area is 115 Å². The molecule has 0 saturated carbocycles. The zero-order valence-corrected chi connectivity index (χ0v) is 14.0. The van der Waals surface area contributed by atoms with E-state index in [0.717, 1.165) is 10.7 Å². The predicted octanol–water partition coefficient (Wildman–Crippen LogP) is 5.25. The van der Waals surface area contributed by atoms with Gasteiger partial charge in [0.25, 0.3) is 0 Å². The maximum Gasteiger partial charge on any atom is 0.0164 e. The van der Waals surface area contributed by atoms with Crippen LogP contribution < -0.4 is 0 Å². The lowest BCUT2D eigenvalue weighted by Crippen LogP contribution is -2.08. The molecular formula is C9H16Br4. The van der Waals surface area contributed by atoms with Gasteiger partial charge >= 0.3 is 0 Å². The Bertz CT molecular complexity index is 108. The molecule has 0 fully saturated rings. The molecule has 80 valence electrons. The highest BCUT2D eigenvalue weighted by Crippen LogP contribution is 2.22. The van der Waals surface area contributed by atoms with Crippen molar-refractivity contribution >= 4 is 63.7 Å². The minimum absolute atomic E-state index is 0.653. The van der Waals surface area contributed by atoms with Crippen LogP contribution in [-0.4, -0.2) is 20.3 Å². The molecule has 0 spiro atoms. The van der Waals surface area contributed by atoms with Gasteiger partial charge in [-0.2, -0.15) is 0 Å². The van der Waals surface area contributed by atoms with Crippen LogP contribution in [0.1, 0.15) is 32.1 Å². The number of rotatable bonds is 8. The van der Waals surface area contributed by atoms with Gasteiger partial charge in [0, 0.05) is 20.3 Å². The maximum atomic E-state index is 3.72. The van der Waals surface area contributed by atoms with E-state index < -0.39 is 0 Å². The third-order valence-electron chi connectivity index (χ3n) is 1.83. The second kappa shape index (κ2) is 10.4. The molecule has 0 aromatic rings. The smallest absolute Gasteiger partial charge is 0.0164 e. The van der Waals surface area contributed by atoms with Crippen molar-refractivity contribution in [3.8, 4) is 0 Å². The number of hydrogen-bond acceptors (Lipinski definition) is 0. The minimum Gasteiger partial charge on any atom is -0.0928 e. The summed E-state index contributed by atoms with van der Waals surface area (Å²) in [6.45, 7) is 0. The third kappa shape index (κ3) is 10.2. The molecular weight excluding hydrogens is 428 g/mol. The van der Waals surface area contributed by atoms with Gasteiger partial charge in [0.05, 0.1) is 0 Å². The van der Waals surface area contributed by atoms with Crippen molar-refractivity contribution in [3.63, 3.8) is 0 Å². The molecule has 0 radical (unpaired) electrons. The first-order valence-corrected chi connectivity index (χ1v) is 8.68. The predicted molar refractivity (Wildman–Crippen MR) is 76.1 cm³/mol. The molecule has 13 heavy (non-hydrogen) atoms. The van der Waals surface area contributed by atoms with Crippen LogP contribution in [0.4, 0.5) is 0 Å². The van der Waals surface area contributed by atoms with Gasteiger partial charge in [-0.05, 0) is 25.7 Å². The lowest BCUT2D eigenvalue weighted by atomic mass is 10.1. The first kappa shape index (κ1) is 14.9. The first-order valence-electron chi connectivity index (χ1n) is 4.60. The third-order valence-corrected chi connectivity index (χ3v) is 4.52. The van der Waals surface area contributed by atoms with Crippen LogP contribution in [0, 0.1) is 0 Å². The fourth-order valence-corrected chi connectivity index (χ4v) is 4.61. The van der Waals surface area contributed by atoms with Gasteiger partial charge in [-0.1, -0.05) is 70.1 Å². The zero-order chi connectivity index (χ0) is 10.1. The van der Waals surface area contributed by atoms with Gasteiger partial charge in [0.2, 0.25) is 0 Å². The van der Waals surface area contributed by atoms with Crippen LogP contribution >= 0.6 is 63.7 Å². The maximum absolute atomic E-state index is 3.72. The molecule has 4 heteroatoms. The molecule has 0 aromatic heterocycles. The molecule has 0 bridgehead atoms. The Morgan fingerprint density at radius 3 is 1.92 bits per heavy atom. The molecule has 0 saturated heterocycles. The quantitative estimate of drug-likeness (QED) is 0.355. The molecule has 0 rings (SSSR count). The topological polar surface area (TPSA) is 0 Å². The average molecular weight is 444 g/mol.